The van der Waals surface area contributed by atoms with Crippen molar-refractivity contribution in [1.82, 2.24) is 5.32 Å². The number of carbonyl (C=O) groups excluding carboxylic acids is 1. The summed E-state index contributed by atoms with van der Waals surface area (Å²) in [4.78, 5) is 13.4. The standard InChI is InChI=1S/C67H125NO18/c1-3-5-7-9-11-13-15-17-19-21-23-24-25-26-27-28-30-32-34-36-38-40-42-44-51(72)50(68-55(73)45-43-41-39-37-35-33-31-29-22-20-18-16-14-12-10-8-6-4-2)49-81-65-61(79)58(76)63(53(47-70)83-65)86-67-62(80)59(77)64(54(48-71)84-67)85-66-60(78)57(75)56(74)52(46-69)82-66/h20,22,42,44,50-54,56-67,69-72,74-80H,3-19,21,23-41,43,45-49H2,1-2H3,(H,68,73)/b22-20-,44-42+. The maximum absolute atomic E-state index is 13.4. The third kappa shape index (κ3) is 32.0. The summed E-state index contributed by atoms with van der Waals surface area (Å²) >= 11 is 0. The van der Waals surface area contributed by atoms with E-state index in [2.05, 4.69) is 31.3 Å². The molecule has 0 radical (unpaired) electrons. The molecule has 0 aromatic heterocycles. The van der Waals surface area contributed by atoms with Gasteiger partial charge in [0, 0.05) is 6.42 Å². The molecule has 86 heavy (non-hydrogen) atoms. The Morgan fingerprint density at radius 2 is 0.733 bits per heavy atom. The SMILES string of the molecule is CCCCCCCCC/C=C\CCCCCCCCCC(=O)NC(COC1OC(CO)C(OC2OC(CO)C(OC3OC(CO)C(O)C(O)C3O)C(O)C2O)C(O)C1O)C(O)/C=C/CCCCCCCCCCCCCCCCCCCCCCC. The van der Waals surface area contributed by atoms with Crippen molar-refractivity contribution in [2.75, 3.05) is 26.4 Å². The van der Waals surface area contributed by atoms with Gasteiger partial charge in [-0.1, -0.05) is 237 Å². The Labute approximate surface area is 518 Å². The Morgan fingerprint density at radius 1 is 0.407 bits per heavy atom. The number of rotatable bonds is 53. The van der Waals surface area contributed by atoms with Crippen molar-refractivity contribution < 1.29 is 89.4 Å². The van der Waals surface area contributed by atoms with Crippen LogP contribution >= 0.6 is 0 Å². The molecule has 3 rings (SSSR count). The van der Waals surface area contributed by atoms with Crippen molar-refractivity contribution in [3.8, 4) is 0 Å². The van der Waals surface area contributed by atoms with Crippen LogP contribution in [0.25, 0.3) is 0 Å². The van der Waals surface area contributed by atoms with Gasteiger partial charge in [-0.2, -0.15) is 0 Å². The maximum atomic E-state index is 13.4. The number of hydrogen-bond donors (Lipinski definition) is 12. The van der Waals surface area contributed by atoms with Gasteiger partial charge >= 0.3 is 0 Å². The third-order valence-electron chi connectivity index (χ3n) is 17.5. The summed E-state index contributed by atoms with van der Waals surface area (Å²) in [5.74, 6) is -0.277. The van der Waals surface area contributed by atoms with E-state index < -0.39 is 124 Å². The molecule has 3 fully saturated rings. The first-order valence-corrected chi connectivity index (χ1v) is 34.6. The summed E-state index contributed by atoms with van der Waals surface area (Å²) in [7, 11) is 0. The summed E-state index contributed by atoms with van der Waals surface area (Å²) in [5, 5.41) is 120. The molecule has 506 valence electrons. The zero-order valence-corrected chi connectivity index (χ0v) is 53.3. The second kappa shape index (κ2) is 49.9. The second-order valence-corrected chi connectivity index (χ2v) is 25.0. The van der Waals surface area contributed by atoms with Gasteiger partial charge < -0.3 is 89.9 Å². The van der Waals surface area contributed by atoms with Crippen LogP contribution in [0.15, 0.2) is 24.3 Å². The van der Waals surface area contributed by atoms with Gasteiger partial charge in [-0.3, -0.25) is 4.79 Å². The fourth-order valence-corrected chi connectivity index (χ4v) is 11.8. The Balaban J connectivity index is 1.45. The number of nitrogens with one attached hydrogen (secondary N) is 1. The minimum atomic E-state index is -1.98. The number of carbonyl (C=O) groups is 1. The van der Waals surface area contributed by atoms with Crippen molar-refractivity contribution in [1.29, 1.82) is 0 Å². The van der Waals surface area contributed by atoms with Crippen molar-refractivity contribution in [3.05, 3.63) is 24.3 Å². The first-order chi connectivity index (χ1) is 41.8. The lowest BCUT2D eigenvalue weighted by molar-refractivity contribution is -0.379. The second-order valence-electron chi connectivity index (χ2n) is 25.0. The monoisotopic (exact) mass is 1230 g/mol. The van der Waals surface area contributed by atoms with E-state index in [-0.39, 0.29) is 18.9 Å². The highest BCUT2D eigenvalue weighted by molar-refractivity contribution is 5.76. The molecule has 0 spiro atoms. The molecule has 0 aliphatic carbocycles. The van der Waals surface area contributed by atoms with Gasteiger partial charge in [0.1, 0.15) is 73.2 Å². The van der Waals surface area contributed by atoms with E-state index in [1.54, 1.807) is 6.08 Å². The predicted molar refractivity (Wildman–Crippen MR) is 333 cm³/mol. The summed E-state index contributed by atoms with van der Waals surface area (Å²) in [5.41, 5.74) is 0. The van der Waals surface area contributed by atoms with Crippen molar-refractivity contribution in [2.45, 2.75) is 369 Å². The summed E-state index contributed by atoms with van der Waals surface area (Å²) in [6.45, 7) is 1.75. The molecular formula is C67H125NO18. The minimum Gasteiger partial charge on any atom is -0.394 e. The molecule has 0 aromatic rings. The number of unbranched alkanes of at least 4 members (excludes halogenated alkanes) is 35. The normalized spacial score (nSPS) is 28.9. The van der Waals surface area contributed by atoms with E-state index in [0.29, 0.717) is 6.42 Å². The average Bonchev–Trinajstić information content (AvgIpc) is 2.53. The summed E-state index contributed by atoms with van der Waals surface area (Å²) in [6.07, 6.45) is 28.6. The fourth-order valence-electron chi connectivity index (χ4n) is 11.8. The third-order valence-corrected chi connectivity index (χ3v) is 17.5. The number of aliphatic hydroxyl groups is 11. The number of aliphatic hydroxyl groups excluding tert-OH is 11. The molecule has 3 saturated heterocycles. The lowest BCUT2D eigenvalue weighted by Crippen LogP contribution is -2.66. The van der Waals surface area contributed by atoms with Gasteiger partial charge in [0.2, 0.25) is 5.91 Å². The van der Waals surface area contributed by atoms with Crippen LogP contribution in [0.4, 0.5) is 0 Å². The van der Waals surface area contributed by atoms with Crippen molar-refractivity contribution in [3.63, 3.8) is 0 Å². The van der Waals surface area contributed by atoms with Crippen LogP contribution in [-0.2, 0) is 33.2 Å². The molecule has 1 amide bonds. The molecule has 3 aliphatic heterocycles. The van der Waals surface area contributed by atoms with Gasteiger partial charge in [0.05, 0.1) is 38.6 Å². The molecule has 17 unspecified atom stereocenters. The van der Waals surface area contributed by atoms with Gasteiger partial charge in [0.25, 0.3) is 0 Å². The molecule has 19 heteroatoms. The number of ether oxygens (including phenoxy) is 6. The van der Waals surface area contributed by atoms with E-state index in [4.69, 9.17) is 28.4 Å². The van der Waals surface area contributed by atoms with Crippen molar-refractivity contribution >= 4 is 5.91 Å². The van der Waals surface area contributed by atoms with E-state index in [9.17, 15) is 61.0 Å². The highest BCUT2D eigenvalue weighted by Crippen LogP contribution is 2.33. The molecule has 3 heterocycles. The quantitative estimate of drug-likeness (QED) is 0.0200. The largest absolute Gasteiger partial charge is 0.394 e. The maximum Gasteiger partial charge on any atom is 0.220 e. The fraction of sp³-hybridized carbons (Fsp3) is 0.925. The molecular weight excluding hydrogens is 1110 g/mol. The van der Waals surface area contributed by atoms with Gasteiger partial charge in [-0.25, -0.2) is 0 Å². The van der Waals surface area contributed by atoms with Crippen LogP contribution in [-0.4, -0.2) is 193 Å². The molecule has 3 aliphatic rings. The molecule has 12 N–H and O–H groups in total. The summed E-state index contributed by atoms with van der Waals surface area (Å²) < 4.78 is 34.3. The topological polar surface area (TPSA) is 307 Å². The molecule has 19 nitrogen and oxygen atoms in total. The highest BCUT2D eigenvalue weighted by atomic mass is 16.8. The van der Waals surface area contributed by atoms with Gasteiger partial charge in [-0.15, -0.1) is 0 Å². The van der Waals surface area contributed by atoms with Gasteiger partial charge in [-0.05, 0) is 44.9 Å². The Morgan fingerprint density at radius 3 is 1.13 bits per heavy atom. The lowest BCUT2D eigenvalue weighted by atomic mass is 9.96. The minimum absolute atomic E-state index is 0.240. The van der Waals surface area contributed by atoms with E-state index >= 15 is 0 Å². The van der Waals surface area contributed by atoms with E-state index in [0.717, 1.165) is 57.8 Å². The molecule has 17 atom stereocenters. The first-order valence-electron chi connectivity index (χ1n) is 34.6. The summed E-state index contributed by atoms with van der Waals surface area (Å²) in [6, 6.07) is -0.974. The van der Waals surface area contributed by atoms with Crippen LogP contribution in [0.3, 0.4) is 0 Å². The predicted octanol–water partition coefficient (Wildman–Crippen LogP) is 8.66. The first kappa shape index (κ1) is 78.5. The van der Waals surface area contributed by atoms with Crippen molar-refractivity contribution in [2.24, 2.45) is 0 Å². The average molecular weight is 1230 g/mol. The number of hydrogen-bond acceptors (Lipinski definition) is 18. The zero-order chi connectivity index (χ0) is 62.6. The molecule has 0 saturated carbocycles. The number of allylic oxidation sites excluding steroid dienone is 3. The Bertz CT molecular complexity index is 1660. The number of amides is 1. The van der Waals surface area contributed by atoms with Crippen LogP contribution in [0.1, 0.15) is 264 Å². The van der Waals surface area contributed by atoms with E-state index in [1.807, 2.05) is 6.08 Å². The lowest BCUT2D eigenvalue weighted by Gasteiger charge is -2.48. The van der Waals surface area contributed by atoms with Crippen LogP contribution in [0.2, 0.25) is 0 Å². The van der Waals surface area contributed by atoms with Crippen LogP contribution in [0.5, 0.6) is 0 Å². The smallest absolute Gasteiger partial charge is 0.220 e. The van der Waals surface area contributed by atoms with Gasteiger partial charge in [0.15, 0.2) is 18.9 Å². The van der Waals surface area contributed by atoms with Crippen LogP contribution in [0, 0.1) is 0 Å². The molecule has 0 aromatic carbocycles. The van der Waals surface area contributed by atoms with Crippen LogP contribution < -0.4 is 5.32 Å². The zero-order valence-electron chi connectivity index (χ0n) is 53.3. The van der Waals surface area contributed by atoms with E-state index in [1.165, 1.54) is 180 Å². The Kier molecular flexibility index (Phi) is 45.6. The Hall–Kier alpha value is -1.73. The highest BCUT2D eigenvalue weighted by Gasteiger charge is 2.53. The molecule has 0 bridgehead atoms.